The first-order chi connectivity index (χ1) is 11.5. The van der Waals surface area contributed by atoms with Gasteiger partial charge in [0.2, 0.25) is 0 Å². The van der Waals surface area contributed by atoms with Crippen molar-refractivity contribution in [3.8, 4) is 11.3 Å². The Hall–Kier alpha value is -3.40. The van der Waals surface area contributed by atoms with Gasteiger partial charge in [-0.2, -0.15) is 0 Å². The Labute approximate surface area is 137 Å². The van der Waals surface area contributed by atoms with Crippen molar-refractivity contribution >= 4 is 17.6 Å². The predicted octanol–water partition coefficient (Wildman–Crippen LogP) is 2.29. The van der Waals surface area contributed by atoms with Crippen molar-refractivity contribution < 1.29 is 23.5 Å². The van der Waals surface area contributed by atoms with Crippen molar-refractivity contribution in [1.29, 1.82) is 0 Å². The minimum absolute atomic E-state index is 0.112. The fourth-order valence-corrected chi connectivity index (χ4v) is 2.17. The van der Waals surface area contributed by atoms with Crippen LogP contribution in [0.5, 0.6) is 0 Å². The van der Waals surface area contributed by atoms with E-state index in [0.717, 1.165) is 14.2 Å². The molecule has 122 valence electrons. The molecule has 0 spiro atoms. The monoisotopic (exact) mass is 327 g/mol. The number of esters is 2. The van der Waals surface area contributed by atoms with Gasteiger partial charge in [0, 0.05) is 5.56 Å². The van der Waals surface area contributed by atoms with Gasteiger partial charge in [-0.1, -0.05) is 30.3 Å². The molecule has 2 rings (SSSR count). The van der Waals surface area contributed by atoms with Gasteiger partial charge < -0.3 is 13.9 Å². The molecule has 0 aliphatic carbocycles. The zero-order chi connectivity index (χ0) is 17.7. The molecule has 0 atom stereocenters. The normalized spacial score (nSPS) is 10.1. The Bertz CT molecular complexity index is 847. The van der Waals surface area contributed by atoms with Gasteiger partial charge in [0.15, 0.2) is 5.92 Å². The first-order valence-electron chi connectivity index (χ1n) is 6.80. The second-order valence-corrected chi connectivity index (χ2v) is 4.66. The molecule has 1 heterocycles. The van der Waals surface area contributed by atoms with E-state index in [2.05, 4.69) is 14.3 Å². The van der Waals surface area contributed by atoms with Crippen LogP contribution in [-0.2, 0) is 19.1 Å². The molecule has 0 fully saturated rings. The minimum atomic E-state index is -1.55. The largest absolute Gasteiger partial charge is 0.468 e. The van der Waals surface area contributed by atoms with Crippen molar-refractivity contribution in [2.75, 3.05) is 14.2 Å². The van der Waals surface area contributed by atoms with Gasteiger partial charge in [-0.15, -0.1) is 0 Å². The van der Waals surface area contributed by atoms with E-state index in [1.807, 2.05) is 0 Å². The van der Waals surface area contributed by atoms with Gasteiger partial charge in [-0.3, -0.25) is 14.4 Å². The van der Waals surface area contributed by atoms with Crippen LogP contribution in [0.25, 0.3) is 16.2 Å². The van der Waals surface area contributed by atoms with Crippen LogP contribution < -0.4 is 5.63 Å². The van der Waals surface area contributed by atoms with Crippen molar-refractivity contribution in [2.45, 2.75) is 5.92 Å². The van der Waals surface area contributed by atoms with Crippen LogP contribution in [0.15, 0.2) is 45.6 Å². The first-order valence-corrected chi connectivity index (χ1v) is 6.80. The number of hydrogen-bond acceptors (Lipinski definition) is 6. The molecule has 0 radical (unpaired) electrons. The highest BCUT2D eigenvalue weighted by atomic mass is 16.5. The van der Waals surface area contributed by atoms with Gasteiger partial charge in [0.25, 0.3) is 5.69 Å². The molecule has 0 amide bonds. The van der Waals surface area contributed by atoms with Crippen molar-refractivity contribution in [3.05, 3.63) is 63.8 Å². The molecular weight excluding hydrogens is 314 g/mol. The molecule has 0 saturated heterocycles. The lowest BCUT2D eigenvalue weighted by molar-refractivity contribution is -0.154. The van der Waals surface area contributed by atoms with Gasteiger partial charge in [0.1, 0.15) is 5.76 Å². The highest BCUT2D eigenvalue weighted by Crippen LogP contribution is 2.30. The molecule has 7 nitrogen and oxygen atoms in total. The van der Waals surface area contributed by atoms with Gasteiger partial charge in [0.05, 0.1) is 20.8 Å². The molecule has 0 bridgehead atoms. The van der Waals surface area contributed by atoms with Crippen LogP contribution in [-0.4, -0.2) is 26.2 Å². The fourth-order valence-electron chi connectivity index (χ4n) is 2.17. The summed E-state index contributed by atoms with van der Waals surface area (Å²) in [7, 11) is 2.19. The number of nitrogens with zero attached hydrogens (tertiary/aromatic N) is 1. The zero-order valence-corrected chi connectivity index (χ0v) is 12.9. The molecule has 2 aromatic rings. The Kier molecular flexibility index (Phi) is 5.12. The summed E-state index contributed by atoms with van der Waals surface area (Å²) in [6, 6.07) is 9.92. The molecule has 0 aliphatic rings. The lowest BCUT2D eigenvalue weighted by Gasteiger charge is -2.14. The van der Waals surface area contributed by atoms with Crippen molar-refractivity contribution in [3.63, 3.8) is 0 Å². The van der Waals surface area contributed by atoms with Crippen LogP contribution >= 0.6 is 0 Å². The summed E-state index contributed by atoms with van der Waals surface area (Å²) in [5.41, 5.74) is -0.964. The molecule has 1 aromatic carbocycles. The number of rotatable bonds is 4. The summed E-state index contributed by atoms with van der Waals surface area (Å²) in [5, 5.41) is 0. The van der Waals surface area contributed by atoms with E-state index in [4.69, 9.17) is 11.0 Å². The van der Waals surface area contributed by atoms with Gasteiger partial charge in [-0.25, -0.2) is 4.85 Å². The van der Waals surface area contributed by atoms with E-state index >= 15 is 0 Å². The van der Waals surface area contributed by atoms with E-state index < -0.39 is 29.2 Å². The third-order valence-corrected chi connectivity index (χ3v) is 3.31. The van der Waals surface area contributed by atoms with Crippen LogP contribution in [0.1, 0.15) is 11.5 Å². The summed E-state index contributed by atoms with van der Waals surface area (Å²) in [6.45, 7) is 7.15. The second-order valence-electron chi connectivity index (χ2n) is 4.66. The van der Waals surface area contributed by atoms with E-state index in [0.29, 0.717) is 5.56 Å². The molecule has 7 heteroatoms. The third kappa shape index (κ3) is 3.17. The lowest BCUT2D eigenvalue weighted by Crippen LogP contribution is -2.25. The number of hydrogen-bond donors (Lipinski definition) is 0. The summed E-state index contributed by atoms with van der Waals surface area (Å²) in [6.07, 6.45) is 0. The first kappa shape index (κ1) is 17.0. The molecule has 24 heavy (non-hydrogen) atoms. The maximum atomic E-state index is 12.1. The third-order valence-electron chi connectivity index (χ3n) is 3.31. The Balaban J connectivity index is 2.73. The maximum Gasteiger partial charge on any atom is 0.342 e. The van der Waals surface area contributed by atoms with Crippen molar-refractivity contribution in [2.24, 2.45) is 0 Å². The number of carbonyl (C=O) groups is 2. The quantitative estimate of drug-likeness (QED) is 0.486. The average Bonchev–Trinajstić information content (AvgIpc) is 2.61. The molecule has 0 unspecified atom stereocenters. The molecular formula is C17H13NO6. The number of carbonyl (C=O) groups excluding carboxylic acids is 2. The highest BCUT2D eigenvalue weighted by Gasteiger charge is 2.34. The average molecular weight is 327 g/mol. The fraction of sp³-hybridized carbons (Fsp3) is 0.176. The summed E-state index contributed by atoms with van der Waals surface area (Å²) in [4.78, 5) is 39.2. The Morgan fingerprint density at radius 3 is 2.21 bits per heavy atom. The summed E-state index contributed by atoms with van der Waals surface area (Å²) < 4.78 is 14.3. The zero-order valence-electron chi connectivity index (χ0n) is 12.9. The maximum absolute atomic E-state index is 12.1. The molecule has 0 aliphatic heterocycles. The van der Waals surface area contributed by atoms with E-state index in [-0.39, 0.29) is 11.3 Å². The Morgan fingerprint density at radius 1 is 1.12 bits per heavy atom. The van der Waals surface area contributed by atoms with E-state index in [1.165, 1.54) is 6.07 Å². The van der Waals surface area contributed by atoms with E-state index in [9.17, 15) is 14.4 Å². The molecule has 1 aromatic heterocycles. The standard InChI is InChI=1S/C17H13NO6/c1-18-14-11(13(15(19)22-2)16(20)23-3)9-12(24-17(14)21)10-7-5-4-6-8-10/h4-9,13H,2-3H3. The SMILES string of the molecule is [C-]#[N+]c1c(C(C(=O)OC)C(=O)OC)cc(-c2ccccc2)oc1=O. The summed E-state index contributed by atoms with van der Waals surface area (Å²) in [5.74, 6) is -3.29. The smallest absolute Gasteiger partial charge is 0.342 e. The van der Waals surface area contributed by atoms with Gasteiger partial charge in [-0.05, 0) is 11.6 Å². The second kappa shape index (κ2) is 7.24. The molecule has 0 N–H and O–H groups in total. The van der Waals surface area contributed by atoms with Crippen molar-refractivity contribution in [1.82, 2.24) is 0 Å². The molecule has 0 saturated carbocycles. The number of benzene rings is 1. The lowest BCUT2D eigenvalue weighted by atomic mass is 9.97. The number of ether oxygens (including phenoxy) is 2. The Morgan fingerprint density at radius 2 is 1.71 bits per heavy atom. The topological polar surface area (TPSA) is 87.2 Å². The number of methoxy groups -OCH3 is 2. The summed E-state index contributed by atoms with van der Waals surface area (Å²) >= 11 is 0. The van der Waals surface area contributed by atoms with Gasteiger partial charge >= 0.3 is 17.6 Å². The van der Waals surface area contributed by atoms with E-state index in [1.54, 1.807) is 30.3 Å². The van der Waals surface area contributed by atoms with Crippen LogP contribution in [0.2, 0.25) is 0 Å². The van der Waals surface area contributed by atoms with Crippen LogP contribution in [0.4, 0.5) is 5.69 Å². The highest BCUT2D eigenvalue weighted by molar-refractivity contribution is 6.02. The van der Waals surface area contributed by atoms with Crippen LogP contribution in [0, 0.1) is 6.57 Å². The predicted molar refractivity (Wildman–Crippen MR) is 83.4 cm³/mol. The van der Waals surface area contributed by atoms with Crippen LogP contribution in [0.3, 0.4) is 0 Å². The minimum Gasteiger partial charge on any atom is -0.468 e.